The topological polar surface area (TPSA) is 3.24 Å². The van der Waals surface area contributed by atoms with Crippen LogP contribution in [0.2, 0.25) is 0 Å². The van der Waals surface area contributed by atoms with Crippen molar-refractivity contribution in [3.05, 3.63) is 35.9 Å². The number of unbranched alkanes of at least 4 members (excludes halogenated alkanes) is 7. The Kier molecular flexibility index (Phi) is 10.6. The Labute approximate surface area is 136 Å². The van der Waals surface area contributed by atoms with Crippen LogP contribution in [0.4, 0.5) is 0 Å². The molecule has 1 unspecified atom stereocenters. The highest BCUT2D eigenvalue weighted by Crippen LogP contribution is 2.26. The summed E-state index contributed by atoms with van der Waals surface area (Å²) in [7, 11) is 4.30. The fourth-order valence-corrected chi connectivity index (χ4v) is 2.94. The van der Waals surface area contributed by atoms with Crippen molar-refractivity contribution in [1.29, 1.82) is 0 Å². The fraction of sp³-hybridized carbons (Fsp3) is 0.684. The molecule has 0 radical (unpaired) electrons. The SMILES string of the molecule is CN(C)CCCCCCCCCCC(Cl)c1ccccc1. The fourth-order valence-electron chi connectivity index (χ4n) is 2.64. The number of benzene rings is 1. The lowest BCUT2D eigenvalue weighted by molar-refractivity contribution is 0.389. The maximum atomic E-state index is 6.43. The Morgan fingerprint density at radius 2 is 1.33 bits per heavy atom. The molecule has 0 saturated heterocycles. The molecule has 1 atom stereocenters. The van der Waals surface area contributed by atoms with Crippen molar-refractivity contribution in [2.24, 2.45) is 0 Å². The molecule has 1 aromatic carbocycles. The van der Waals surface area contributed by atoms with E-state index < -0.39 is 0 Å². The summed E-state index contributed by atoms with van der Waals surface area (Å²) >= 11 is 6.43. The Balaban J connectivity index is 1.89. The summed E-state index contributed by atoms with van der Waals surface area (Å²) in [5, 5.41) is 0.192. The van der Waals surface area contributed by atoms with Crippen LogP contribution in [-0.4, -0.2) is 25.5 Å². The first-order valence-corrected chi connectivity index (χ1v) is 8.97. The number of halogens is 1. The van der Waals surface area contributed by atoms with Gasteiger partial charge in [0.2, 0.25) is 0 Å². The van der Waals surface area contributed by atoms with E-state index >= 15 is 0 Å². The van der Waals surface area contributed by atoms with E-state index in [0.717, 1.165) is 6.42 Å². The lowest BCUT2D eigenvalue weighted by Crippen LogP contribution is -2.12. The second kappa shape index (κ2) is 12.1. The van der Waals surface area contributed by atoms with Gasteiger partial charge in [-0.15, -0.1) is 11.6 Å². The van der Waals surface area contributed by atoms with Gasteiger partial charge in [0.05, 0.1) is 5.38 Å². The van der Waals surface area contributed by atoms with Crippen LogP contribution in [0.5, 0.6) is 0 Å². The molecular formula is C19H32ClN. The van der Waals surface area contributed by atoms with Crippen LogP contribution in [0, 0.1) is 0 Å². The van der Waals surface area contributed by atoms with Gasteiger partial charge < -0.3 is 4.90 Å². The van der Waals surface area contributed by atoms with Crippen LogP contribution < -0.4 is 0 Å². The number of hydrogen-bond donors (Lipinski definition) is 0. The summed E-state index contributed by atoms with van der Waals surface area (Å²) in [4.78, 5) is 2.27. The van der Waals surface area contributed by atoms with E-state index in [1.807, 2.05) is 6.07 Å². The molecule has 0 fully saturated rings. The van der Waals surface area contributed by atoms with Gasteiger partial charge in [-0.05, 0) is 39.0 Å². The highest BCUT2D eigenvalue weighted by Gasteiger charge is 2.06. The molecule has 0 amide bonds. The minimum Gasteiger partial charge on any atom is -0.309 e. The minimum absolute atomic E-state index is 0.192. The van der Waals surface area contributed by atoms with Crippen LogP contribution in [-0.2, 0) is 0 Å². The first-order valence-electron chi connectivity index (χ1n) is 8.54. The standard InChI is InChI=1S/C19H32ClN/c1-21(2)17-13-8-6-4-3-5-7-12-16-19(20)18-14-10-9-11-15-18/h9-11,14-15,19H,3-8,12-13,16-17H2,1-2H3. The summed E-state index contributed by atoms with van der Waals surface area (Å²) in [5.41, 5.74) is 1.26. The van der Waals surface area contributed by atoms with Gasteiger partial charge in [-0.1, -0.05) is 75.3 Å². The van der Waals surface area contributed by atoms with Crippen molar-refractivity contribution in [1.82, 2.24) is 4.90 Å². The normalized spacial score (nSPS) is 12.8. The van der Waals surface area contributed by atoms with E-state index in [9.17, 15) is 0 Å². The minimum atomic E-state index is 0.192. The average Bonchev–Trinajstić information content (AvgIpc) is 2.49. The monoisotopic (exact) mass is 309 g/mol. The van der Waals surface area contributed by atoms with Gasteiger partial charge in [0.15, 0.2) is 0 Å². The van der Waals surface area contributed by atoms with Gasteiger partial charge in [-0.25, -0.2) is 0 Å². The Bertz CT molecular complexity index is 337. The molecule has 0 saturated carbocycles. The lowest BCUT2D eigenvalue weighted by Gasteiger charge is -2.10. The first kappa shape index (κ1) is 18.5. The summed E-state index contributed by atoms with van der Waals surface area (Å²) in [6, 6.07) is 10.4. The molecule has 0 spiro atoms. The number of nitrogens with zero attached hydrogens (tertiary/aromatic N) is 1. The third-order valence-electron chi connectivity index (χ3n) is 3.97. The van der Waals surface area contributed by atoms with Crippen molar-refractivity contribution >= 4 is 11.6 Å². The smallest absolute Gasteiger partial charge is 0.0585 e. The lowest BCUT2D eigenvalue weighted by atomic mass is 10.0. The molecule has 0 aliphatic rings. The third-order valence-corrected chi connectivity index (χ3v) is 4.44. The van der Waals surface area contributed by atoms with E-state index in [1.165, 1.54) is 63.5 Å². The molecule has 0 aliphatic carbocycles. The van der Waals surface area contributed by atoms with Crippen molar-refractivity contribution in [3.63, 3.8) is 0 Å². The molecule has 120 valence electrons. The average molecular weight is 310 g/mol. The van der Waals surface area contributed by atoms with Crippen LogP contribution in [0.15, 0.2) is 30.3 Å². The predicted molar refractivity (Wildman–Crippen MR) is 95.1 cm³/mol. The highest BCUT2D eigenvalue weighted by atomic mass is 35.5. The molecule has 0 heterocycles. The zero-order valence-corrected chi connectivity index (χ0v) is 14.6. The Morgan fingerprint density at radius 3 is 1.90 bits per heavy atom. The Hall–Kier alpha value is -0.530. The van der Waals surface area contributed by atoms with E-state index in [0.29, 0.717) is 0 Å². The zero-order valence-electron chi connectivity index (χ0n) is 13.9. The molecule has 1 nitrogen and oxygen atoms in total. The third kappa shape index (κ3) is 9.92. The van der Waals surface area contributed by atoms with E-state index in [4.69, 9.17) is 11.6 Å². The van der Waals surface area contributed by atoms with Crippen LogP contribution >= 0.6 is 11.6 Å². The highest BCUT2D eigenvalue weighted by molar-refractivity contribution is 6.20. The molecule has 21 heavy (non-hydrogen) atoms. The first-order chi connectivity index (χ1) is 10.2. The van der Waals surface area contributed by atoms with Crippen molar-refractivity contribution in [2.75, 3.05) is 20.6 Å². The Morgan fingerprint density at radius 1 is 0.810 bits per heavy atom. The maximum Gasteiger partial charge on any atom is 0.0585 e. The van der Waals surface area contributed by atoms with Gasteiger partial charge in [0.25, 0.3) is 0 Å². The summed E-state index contributed by atoms with van der Waals surface area (Å²) < 4.78 is 0. The molecule has 2 heteroatoms. The molecule has 0 bridgehead atoms. The summed E-state index contributed by atoms with van der Waals surface area (Å²) in [6.07, 6.45) is 12.0. The van der Waals surface area contributed by atoms with E-state index in [-0.39, 0.29) is 5.38 Å². The second-order valence-corrected chi connectivity index (χ2v) is 6.83. The van der Waals surface area contributed by atoms with Gasteiger partial charge in [-0.2, -0.15) is 0 Å². The predicted octanol–water partition coefficient (Wildman–Crippen LogP) is 6.04. The van der Waals surface area contributed by atoms with Gasteiger partial charge in [0.1, 0.15) is 0 Å². The molecule has 0 N–H and O–H groups in total. The molecule has 1 aromatic rings. The van der Waals surface area contributed by atoms with Crippen molar-refractivity contribution in [3.8, 4) is 0 Å². The summed E-state index contributed by atoms with van der Waals surface area (Å²) in [6.45, 7) is 1.23. The number of alkyl halides is 1. The quantitative estimate of drug-likeness (QED) is 0.336. The van der Waals surface area contributed by atoms with Crippen molar-refractivity contribution < 1.29 is 0 Å². The van der Waals surface area contributed by atoms with E-state index in [1.54, 1.807) is 0 Å². The van der Waals surface area contributed by atoms with Gasteiger partial charge in [-0.3, -0.25) is 0 Å². The number of rotatable bonds is 12. The summed E-state index contributed by atoms with van der Waals surface area (Å²) in [5.74, 6) is 0. The largest absolute Gasteiger partial charge is 0.309 e. The van der Waals surface area contributed by atoms with Crippen molar-refractivity contribution in [2.45, 2.75) is 63.2 Å². The van der Waals surface area contributed by atoms with Gasteiger partial charge in [0, 0.05) is 0 Å². The van der Waals surface area contributed by atoms with Crippen LogP contribution in [0.3, 0.4) is 0 Å². The van der Waals surface area contributed by atoms with Crippen LogP contribution in [0.25, 0.3) is 0 Å². The van der Waals surface area contributed by atoms with E-state index in [2.05, 4.69) is 43.3 Å². The van der Waals surface area contributed by atoms with Gasteiger partial charge >= 0.3 is 0 Å². The molecule has 0 aromatic heterocycles. The molecular weight excluding hydrogens is 278 g/mol. The molecule has 1 rings (SSSR count). The van der Waals surface area contributed by atoms with Crippen LogP contribution in [0.1, 0.15) is 68.7 Å². The molecule has 0 aliphatic heterocycles. The zero-order chi connectivity index (χ0) is 15.3. The second-order valence-electron chi connectivity index (χ2n) is 6.30. The number of hydrogen-bond acceptors (Lipinski definition) is 1. The maximum absolute atomic E-state index is 6.43.